The van der Waals surface area contributed by atoms with Crippen LogP contribution in [0.4, 0.5) is 18.9 Å². The van der Waals surface area contributed by atoms with Gasteiger partial charge in [0.2, 0.25) is 0 Å². The van der Waals surface area contributed by atoms with E-state index in [-0.39, 0.29) is 23.6 Å². The number of para-hydroxylation sites is 2. The normalized spacial score (nSPS) is 11.6. The molecule has 1 atom stereocenters. The van der Waals surface area contributed by atoms with E-state index in [1.807, 2.05) is 0 Å². The third-order valence-electron chi connectivity index (χ3n) is 3.60. The number of carbonyl (C=O) groups is 2. The van der Waals surface area contributed by atoms with Crippen LogP contribution in [0.25, 0.3) is 0 Å². The first-order chi connectivity index (χ1) is 13.3. The molecule has 9 heteroatoms. The highest BCUT2D eigenvalue weighted by Gasteiger charge is 2.20. The molecule has 0 saturated carbocycles. The summed E-state index contributed by atoms with van der Waals surface area (Å²) in [4.78, 5) is 24.1. The highest BCUT2D eigenvalue weighted by Crippen LogP contribution is 2.25. The van der Waals surface area contributed by atoms with Crippen LogP contribution in [0.15, 0.2) is 42.5 Å². The van der Waals surface area contributed by atoms with Gasteiger partial charge in [-0.15, -0.1) is 0 Å². The Balaban J connectivity index is 1.95. The molecule has 2 aromatic carbocycles. The molecule has 0 spiro atoms. The van der Waals surface area contributed by atoms with Crippen LogP contribution >= 0.6 is 0 Å². The van der Waals surface area contributed by atoms with Gasteiger partial charge in [0.15, 0.2) is 17.7 Å². The molecule has 0 heterocycles. The van der Waals surface area contributed by atoms with Crippen LogP contribution in [0.1, 0.15) is 12.5 Å². The van der Waals surface area contributed by atoms with Crippen molar-refractivity contribution in [1.29, 1.82) is 0 Å². The highest BCUT2D eigenvalue weighted by atomic mass is 19.3. The Morgan fingerprint density at radius 3 is 2.46 bits per heavy atom. The number of nitrogens with one attached hydrogen (secondary N) is 1. The van der Waals surface area contributed by atoms with Gasteiger partial charge in [-0.2, -0.15) is 8.78 Å². The van der Waals surface area contributed by atoms with E-state index >= 15 is 0 Å². The minimum Gasteiger partial charge on any atom is -0.494 e. The Bertz CT molecular complexity index is 844. The third-order valence-corrected chi connectivity index (χ3v) is 3.60. The van der Waals surface area contributed by atoms with Crippen molar-refractivity contribution in [2.24, 2.45) is 0 Å². The average Bonchev–Trinajstić information content (AvgIpc) is 2.63. The number of benzene rings is 2. The van der Waals surface area contributed by atoms with Crippen LogP contribution in [0.3, 0.4) is 0 Å². The van der Waals surface area contributed by atoms with Gasteiger partial charge in [0.1, 0.15) is 5.75 Å². The zero-order chi connectivity index (χ0) is 20.7. The standard InChI is InChI=1S/C19H18F3NO5/c1-11(18(25)23-14-5-3-4-6-16(14)28-19(21)22)27-17(24)10-12-7-8-15(26-2)13(20)9-12/h3-9,11,19H,10H2,1-2H3,(H,23,25)/t11-/m1/s1. The Labute approximate surface area is 159 Å². The predicted molar refractivity (Wildman–Crippen MR) is 93.9 cm³/mol. The molecule has 2 rings (SSSR count). The van der Waals surface area contributed by atoms with E-state index in [0.717, 1.165) is 6.07 Å². The maximum atomic E-state index is 13.7. The number of rotatable bonds is 8. The Morgan fingerprint density at radius 1 is 1.11 bits per heavy atom. The molecule has 2 aromatic rings. The van der Waals surface area contributed by atoms with Gasteiger partial charge in [-0.1, -0.05) is 18.2 Å². The summed E-state index contributed by atoms with van der Waals surface area (Å²) in [5.41, 5.74) is 0.347. The first-order valence-electron chi connectivity index (χ1n) is 8.16. The summed E-state index contributed by atoms with van der Waals surface area (Å²) >= 11 is 0. The summed E-state index contributed by atoms with van der Waals surface area (Å²) in [6.07, 6.45) is -1.47. The van der Waals surface area contributed by atoms with Crippen LogP contribution in [0.5, 0.6) is 11.5 Å². The number of esters is 1. The van der Waals surface area contributed by atoms with Gasteiger partial charge in [0.05, 0.1) is 19.2 Å². The highest BCUT2D eigenvalue weighted by molar-refractivity contribution is 5.96. The number of halogens is 3. The first kappa shape index (κ1) is 21.1. The topological polar surface area (TPSA) is 73.9 Å². The van der Waals surface area contributed by atoms with E-state index in [1.54, 1.807) is 0 Å². The van der Waals surface area contributed by atoms with Gasteiger partial charge in [-0.05, 0) is 36.8 Å². The summed E-state index contributed by atoms with van der Waals surface area (Å²) in [6, 6.07) is 9.59. The molecule has 0 radical (unpaired) electrons. The molecular formula is C19H18F3NO5. The van der Waals surface area contributed by atoms with Gasteiger partial charge in [0.25, 0.3) is 5.91 Å². The second-order valence-corrected chi connectivity index (χ2v) is 5.64. The lowest BCUT2D eigenvalue weighted by Crippen LogP contribution is -2.30. The van der Waals surface area contributed by atoms with Gasteiger partial charge < -0.3 is 19.5 Å². The number of amides is 1. The summed E-state index contributed by atoms with van der Waals surface area (Å²) in [5.74, 6) is -2.31. The van der Waals surface area contributed by atoms with Crippen molar-refractivity contribution >= 4 is 17.6 Å². The molecule has 0 saturated heterocycles. The molecular weight excluding hydrogens is 379 g/mol. The lowest BCUT2D eigenvalue weighted by molar-refractivity contribution is -0.152. The smallest absolute Gasteiger partial charge is 0.387 e. The molecule has 0 aromatic heterocycles. The lowest BCUT2D eigenvalue weighted by Gasteiger charge is -2.16. The second kappa shape index (κ2) is 9.63. The van der Waals surface area contributed by atoms with Gasteiger partial charge in [-0.25, -0.2) is 4.39 Å². The van der Waals surface area contributed by atoms with Crippen LogP contribution in [0.2, 0.25) is 0 Å². The van der Waals surface area contributed by atoms with E-state index in [0.29, 0.717) is 5.56 Å². The fourth-order valence-corrected chi connectivity index (χ4v) is 2.28. The number of hydrogen-bond donors (Lipinski definition) is 1. The molecule has 150 valence electrons. The van der Waals surface area contributed by atoms with E-state index < -0.39 is 30.4 Å². The molecule has 0 aliphatic rings. The molecule has 0 aliphatic heterocycles. The number of carbonyl (C=O) groups excluding carboxylic acids is 2. The predicted octanol–water partition coefficient (Wildman–Crippen LogP) is 3.55. The summed E-state index contributed by atoms with van der Waals surface area (Å²) in [5, 5.41) is 2.36. The zero-order valence-electron chi connectivity index (χ0n) is 15.1. The zero-order valence-corrected chi connectivity index (χ0v) is 15.1. The molecule has 28 heavy (non-hydrogen) atoms. The monoisotopic (exact) mass is 397 g/mol. The van der Waals surface area contributed by atoms with Crippen molar-refractivity contribution in [3.63, 3.8) is 0 Å². The maximum absolute atomic E-state index is 13.7. The Kier molecular flexibility index (Phi) is 7.25. The molecule has 6 nitrogen and oxygen atoms in total. The van der Waals surface area contributed by atoms with E-state index in [4.69, 9.17) is 9.47 Å². The fourth-order valence-electron chi connectivity index (χ4n) is 2.28. The van der Waals surface area contributed by atoms with Crippen molar-refractivity contribution in [3.8, 4) is 11.5 Å². The van der Waals surface area contributed by atoms with Crippen molar-refractivity contribution in [3.05, 3.63) is 53.8 Å². The molecule has 0 unspecified atom stereocenters. The van der Waals surface area contributed by atoms with E-state index in [9.17, 15) is 22.8 Å². The second-order valence-electron chi connectivity index (χ2n) is 5.64. The first-order valence-corrected chi connectivity index (χ1v) is 8.16. The number of ether oxygens (including phenoxy) is 3. The van der Waals surface area contributed by atoms with Crippen LogP contribution in [-0.2, 0) is 20.7 Å². The van der Waals surface area contributed by atoms with E-state index in [1.165, 1.54) is 50.4 Å². The molecule has 1 N–H and O–H groups in total. The molecule has 1 amide bonds. The minimum atomic E-state index is -3.06. The molecule has 0 aliphatic carbocycles. The van der Waals surface area contributed by atoms with Crippen molar-refractivity contribution in [2.75, 3.05) is 12.4 Å². The van der Waals surface area contributed by atoms with Gasteiger partial charge >= 0.3 is 12.6 Å². The van der Waals surface area contributed by atoms with Crippen LogP contribution in [-0.4, -0.2) is 31.7 Å². The van der Waals surface area contributed by atoms with Crippen molar-refractivity contribution in [1.82, 2.24) is 0 Å². The summed E-state index contributed by atoms with van der Waals surface area (Å²) in [6.45, 7) is -1.74. The lowest BCUT2D eigenvalue weighted by atomic mass is 10.1. The maximum Gasteiger partial charge on any atom is 0.387 e. The Hall–Kier alpha value is -3.23. The van der Waals surface area contributed by atoms with Crippen LogP contribution in [0, 0.1) is 5.82 Å². The quantitative estimate of drug-likeness (QED) is 0.690. The summed E-state index contributed by atoms with van der Waals surface area (Å²) < 4.78 is 52.6. The van der Waals surface area contributed by atoms with Crippen LogP contribution < -0.4 is 14.8 Å². The molecule has 0 fully saturated rings. The minimum absolute atomic E-state index is 0.00734. The van der Waals surface area contributed by atoms with E-state index in [2.05, 4.69) is 10.1 Å². The van der Waals surface area contributed by atoms with Crippen molar-refractivity contribution < 1.29 is 37.0 Å². The SMILES string of the molecule is COc1ccc(CC(=O)O[C@H](C)C(=O)Nc2ccccc2OC(F)F)cc1F. The third kappa shape index (κ3) is 5.90. The van der Waals surface area contributed by atoms with Gasteiger partial charge in [0, 0.05) is 0 Å². The average molecular weight is 397 g/mol. The Morgan fingerprint density at radius 2 is 1.82 bits per heavy atom. The largest absolute Gasteiger partial charge is 0.494 e. The number of alkyl halides is 2. The summed E-state index contributed by atoms with van der Waals surface area (Å²) in [7, 11) is 1.32. The number of hydrogen-bond acceptors (Lipinski definition) is 5. The van der Waals surface area contributed by atoms with Gasteiger partial charge in [-0.3, -0.25) is 9.59 Å². The van der Waals surface area contributed by atoms with Crippen molar-refractivity contribution in [2.45, 2.75) is 26.1 Å². The molecule has 0 bridgehead atoms. The number of methoxy groups -OCH3 is 1. The number of anilines is 1. The fraction of sp³-hybridized carbons (Fsp3) is 0.263.